The van der Waals surface area contributed by atoms with Crippen LogP contribution in [-0.4, -0.2) is 35.8 Å². The van der Waals surface area contributed by atoms with Crippen molar-refractivity contribution < 1.29 is 19.1 Å². The molecular formula is C21H19N3O4S. The lowest BCUT2D eigenvalue weighted by Gasteiger charge is -2.07. The average Bonchev–Trinajstić information content (AvgIpc) is 3.22. The van der Waals surface area contributed by atoms with E-state index < -0.39 is 5.97 Å². The summed E-state index contributed by atoms with van der Waals surface area (Å²) in [5.41, 5.74) is 2.34. The Morgan fingerprint density at radius 1 is 1.31 bits per heavy atom. The van der Waals surface area contributed by atoms with Gasteiger partial charge in [0.2, 0.25) is 5.13 Å². The molecule has 1 amide bonds. The number of carbonyl (C=O) groups excluding carboxylic acids is 2. The van der Waals surface area contributed by atoms with Crippen LogP contribution in [0.25, 0.3) is 6.08 Å². The monoisotopic (exact) mass is 409 g/mol. The number of rotatable bonds is 6. The number of aryl methyl sites for hydroxylation is 1. The zero-order valence-electron chi connectivity index (χ0n) is 16.3. The fourth-order valence-electron chi connectivity index (χ4n) is 2.62. The largest absolute Gasteiger partial charge is 0.481 e. The van der Waals surface area contributed by atoms with Gasteiger partial charge in [0.1, 0.15) is 17.2 Å². The Bertz CT molecular complexity index is 1040. The van der Waals surface area contributed by atoms with Crippen molar-refractivity contribution in [2.45, 2.75) is 20.8 Å². The summed E-state index contributed by atoms with van der Waals surface area (Å²) in [7, 11) is 0. The van der Waals surface area contributed by atoms with Crippen LogP contribution in [0.2, 0.25) is 0 Å². The van der Waals surface area contributed by atoms with Gasteiger partial charge in [-0.2, -0.15) is 10.1 Å². The molecule has 0 saturated carbocycles. The number of hydrogen-bond donors (Lipinski definition) is 0. The van der Waals surface area contributed by atoms with Gasteiger partial charge in [0.05, 0.1) is 23.6 Å². The van der Waals surface area contributed by atoms with Gasteiger partial charge in [-0.3, -0.25) is 4.79 Å². The standard InChI is InChI=1S/C21H19N3O4S/c1-5-11-28-16-9-7-15(8-10-16)12-17-13(3)23-24(19(17)25)21-22-14(4)18(29-21)20(26)27-6-2/h1,7-10,12H,6,11H2,2-4H3/b17-12+. The molecule has 1 aliphatic heterocycles. The lowest BCUT2D eigenvalue weighted by molar-refractivity contribution is -0.114. The van der Waals surface area contributed by atoms with Crippen molar-refractivity contribution in [1.82, 2.24) is 4.98 Å². The summed E-state index contributed by atoms with van der Waals surface area (Å²) in [6.45, 7) is 5.65. The number of nitrogens with zero attached hydrogens (tertiary/aromatic N) is 3. The molecule has 3 rings (SSSR count). The molecule has 0 bridgehead atoms. The Morgan fingerprint density at radius 3 is 2.69 bits per heavy atom. The molecule has 29 heavy (non-hydrogen) atoms. The Kier molecular flexibility index (Phi) is 6.10. The molecular weight excluding hydrogens is 390 g/mol. The third-order valence-electron chi connectivity index (χ3n) is 4.00. The van der Waals surface area contributed by atoms with Crippen LogP contribution in [-0.2, 0) is 9.53 Å². The number of anilines is 1. The van der Waals surface area contributed by atoms with Crippen LogP contribution in [0.4, 0.5) is 5.13 Å². The van der Waals surface area contributed by atoms with Crippen LogP contribution in [0.3, 0.4) is 0 Å². The van der Waals surface area contributed by atoms with Crippen molar-refractivity contribution in [1.29, 1.82) is 0 Å². The maximum absolute atomic E-state index is 12.9. The number of ether oxygens (including phenoxy) is 2. The minimum atomic E-state index is -0.455. The first-order chi connectivity index (χ1) is 13.9. The van der Waals surface area contributed by atoms with Crippen LogP contribution in [0, 0.1) is 19.3 Å². The van der Waals surface area contributed by atoms with E-state index in [1.807, 2.05) is 12.1 Å². The number of benzene rings is 1. The van der Waals surface area contributed by atoms with E-state index in [0.717, 1.165) is 16.9 Å². The van der Waals surface area contributed by atoms with Crippen molar-refractivity contribution in [3.8, 4) is 18.1 Å². The highest BCUT2D eigenvalue weighted by molar-refractivity contribution is 7.17. The molecule has 0 radical (unpaired) electrons. The minimum absolute atomic E-state index is 0.195. The van der Waals surface area contributed by atoms with E-state index in [2.05, 4.69) is 16.0 Å². The molecule has 0 spiro atoms. The smallest absolute Gasteiger partial charge is 0.350 e. The SMILES string of the molecule is C#CCOc1ccc(/C=C2/C(=O)N(c3nc(C)c(C(=O)OCC)s3)N=C2C)cc1. The molecule has 0 aliphatic carbocycles. The number of aromatic nitrogens is 1. The predicted octanol–water partition coefficient (Wildman–Crippen LogP) is 3.45. The highest BCUT2D eigenvalue weighted by atomic mass is 32.1. The quantitative estimate of drug-likeness (QED) is 0.415. The van der Waals surface area contributed by atoms with Crippen LogP contribution < -0.4 is 9.75 Å². The summed E-state index contributed by atoms with van der Waals surface area (Å²) in [4.78, 5) is 29.6. The lowest BCUT2D eigenvalue weighted by Crippen LogP contribution is -2.21. The number of carbonyl (C=O) groups is 2. The van der Waals surface area contributed by atoms with Crippen LogP contribution in [0.5, 0.6) is 5.75 Å². The molecule has 8 heteroatoms. The van der Waals surface area contributed by atoms with Gasteiger partial charge in [0.15, 0.2) is 0 Å². The molecule has 148 valence electrons. The van der Waals surface area contributed by atoms with E-state index in [0.29, 0.717) is 32.7 Å². The molecule has 2 aromatic rings. The maximum Gasteiger partial charge on any atom is 0.350 e. The first kappa shape index (κ1) is 20.3. The summed E-state index contributed by atoms with van der Waals surface area (Å²) in [6.07, 6.45) is 6.93. The van der Waals surface area contributed by atoms with Gasteiger partial charge >= 0.3 is 5.97 Å². The third-order valence-corrected chi connectivity index (χ3v) is 5.12. The first-order valence-corrected chi connectivity index (χ1v) is 9.68. The third kappa shape index (κ3) is 4.36. The number of thiazole rings is 1. The van der Waals surface area contributed by atoms with Crippen molar-refractivity contribution in [2.24, 2.45) is 5.10 Å². The van der Waals surface area contributed by atoms with Gasteiger partial charge < -0.3 is 9.47 Å². The second kappa shape index (κ2) is 8.71. The molecule has 2 heterocycles. The number of hydrogen-bond acceptors (Lipinski definition) is 7. The maximum atomic E-state index is 12.9. The Morgan fingerprint density at radius 2 is 2.03 bits per heavy atom. The second-order valence-corrected chi connectivity index (χ2v) is 7.03. The van der Waals surface area contributed by atoms with E-state index in [9.17, 15) is 9.59 Å². The topological polar surface area (TPSA) is 81.1 Å². The van der Waals surface area contributed by atoms with E-state index in [4.69, 9.17) is 15.9 Å². The summed E-state index contributed by atoms with van der Waals surface area (Å²) >= 11 is 1.08. The molecule has 0 saturated heterocycles. The molecule has 1 aromatic carbocycles. The van der Waals surface area contributed by atoms with Gasteiger partial charge in [0.25, 0.3) is 5.91 Å². The predicted molar refractivity (Wildman–Crippen MR) is 112 cm³/mol. The zero-order chi connectivity index (χ0) is 21.0. The van der Waals surface area contributed by atoms with Gasteiger partial charge in [-0.15, -0.1) is 6.42 Å². The van der Waals surface area contributed by atoms with E-state index in [1.54, 1.807) is 39.0 Å². The summed E-state index contributed by atoms with van der Waals surface area (Å²) in [5.74, 6) is 2.30. The van der Waals surface area contributed by atoms with Crippen molar-refractivity contribution in [3.05, 3.63) is 46.0 Å². The number of hydrazone groups is 1. The summed E-state index contributed by atoms with van der Waals surface area (Å²) in [6, 6.07) is 7.22. The van der Waals surface area contributed by atoms with Crippen molar-refractivity contribution >= 4 is 40.1 Å². The molecule has 0 unspecified atom stereocenters. The van der Waals surface area contributed by atoms with Gasteiger partial charge in [-0.1, -0.05) is 29.4 Å². The first-order valence-electron chi connectivity index (χ1n) is 8.87. The summed E-state index contributed by atoms with van der Waals surface area (Å²) < 4.78 is 10.4. The van der Waals surface area contributed by atoms with Crippen LogP contribution in [0.1, 0.15) is 34.8 Å². The minimum Gasteiger partial charge on any atom is -0.481 e. The number of terminal acetylenes is 1. The number of esters is 1. The molecule has 0 fully saturated rings. The normalized spacial score (nSPS) is 14.7. The van der Waals surface area contributed by atoms with Crippen LogP contribution in [0.15, 0.2) is 34.9 Å². The van der Waals surface area contributed by atoms with E-state index in [-0.39, 0.29) is 19.1 Å². The molecule has 0 atom stereocenters. The Hall–Kier alpha value is -3.44. The summed E-state index contributed by atoms with van der Waals surface area (Å²) in [5, 5.41) is 5.86. The van der Waals surface area contributed by atoms with Gasteiger partial charge in [-0.05, 0) is 44.5 Å². The fourth-order valence-corrected chi connectivity index (χ4v) is 3.54. The van der Waals surface area contributed by atoms with E-state index in [1.165, 1.54) is 5.01 Å². The highest BCUT2D eigenvalue weighted by Crippen LogP contribution is 2.31. The molecule has 0 N–H and O–H groups in total. The van der Waals surface area contributed by atoms with Gasteiger partial charge in [-0.25, -0.2) is 9.78 Å². The second-order valence-electron chi connectivity index (χ2n) is 6.05. The number of amides is 1. The lowest BCUT2D eigenvalue weighted by atomic mass is 10.1. The van der Waals surface area contributed by atoms with Crippen molar-refractivity contribution in [3.63, 3.8) is 0 Å². The van der Waals surface area contributed by atoms with Crippen LogP contribution >= 0.6 is 11.3 Å². The van der Waals surface area contributed by atoms with Crippen molar-refractivity contribution in [2.75, 3.05) is 18.2 Å². The van der Waals surface area contributed by atoms with Gasteiger partial charge in [0, 0.05) is 0 Å². The van der Waals surface area contributed by atoms with E-state index >= 15 is 0 Å². The molecule has 1 aliphatic rings. The molecule has 7 nitrogen and oxygen atoms in total. The fraction of sp³-hybridized carbons (Fsp3) is 0.238. The Labute approximate surface area is 172 Å². The average molecular weight is 409 g/mol. The highest BCUT2D eigenvalue weighted by Gasteiger charge is 2.32. The molecule has 1 aromatic heterocycles. The zero-order valence-corrected chi connectivity index (χ0v) is 17.1. The Balaban J connectivity index is 1.82.